The van der Waals surface area contributed by atoms with Crippen molar-refractivity contribution >= 4 is 7.82 Å². The summed E-state index contributed by atoms with van der Waals surface area (Å²) < 4.78 is 28.6. The molecule has 1 fully saturated rings. The lowest BCUT2D eigenvalue weighted by Crippen LogP contribution is -2.08. The molecule has 0 N–H and O–H groups in total. The predicted molar refractivity (Wildman–Crippen MR) is 74.6 cm³/mol. The van der Waals surface area contributed by atoms with Gasteiger partial charge in [-0.05, 0) is 51.0 Å². The Bertz CT molecular complexity index is 406. The molecule has 108 valence electrons. The largest absolute Gasteiger partial charge is 0.529 e. The smallest absolute Gasteiger partial charge is 0.408 e. The van der Waals surface area contributed by atoms with E-state index in [2.05, 4.69) is 6.58 Å². The average molecular weight is 286 g/mol. The highest BCUT2D eigenvalue weighted by Gasteiger charge is 2.43. The molecule has 0 aliphatic heterocycles. The minimum absolute atomic E-state index is 0.315. The van der Waals surface area contributed by atoms with E-state index in [4.69, 9.17) is 13.6 Å². The predicted octanol–water partition coefficient (Wildman–Crippen LogP) is 4.44. The summed E-state index contributed by atoms with van der Waals surface area (Å²) in [5.74, 6) is 1.80. The maximum atomic E-state index is 12.5. The van der Waals surface area contributed by atoms with E-state index in [9.17, 15) is 4.57 Å². The minimum Gasteiger partial charge on any atom is -0.408 e. The summed E-state index contributed by atoms with van der Waals surface area (Å²) in [7, 11) is -3.45. The Morgan fingerprint density at radius 3 is 2.47 bits per heavy atom. The fourth-order valence-corrected chi connectivity index (χ4v) is 4.40. The molecule has 0 aromatic heterocycles. The lowest BCUT2D eigenvalue weighted by molar-refractivity contribution is 0.137. The Balaban J connectivity index is 2.19. The number of fused-ring (bicyclic) bond motifs is 2. The van der Waals surface area contributed by atoms with E-state index in [-0.39, 0.29) is 0 Å². The first-order valence-electron chi connectivity index (χ1n) is 7.06. The summed E-state index contributed by atoms with van der Waals surface area (Å²) in [4.78, 5) is 0. The Hall–Kier alpha value is -0.570. The SMILES string of the molecule is C=CCC1=C(OP(=O)(OCC)OCC)C2CCC1C2. The van der Waals surface area contributed by atoms with Crippen molar-refractivity contribution in [2.24, 2.45) is 11.8 Å². The molecule has 0 amide bonds. The number of phosphoric ester groups is 1. The molecule has 2 aliphatic carbocycles. The highest BCUT2D eigenvalue weighted by atomic mass is 31.2. The van der Waals surface area contributed by atoms with Gasteiger partial charge < -0.3 is 4.52 Å². The first-order valence-corrected chi connectivity index (χ1v) is 8.52. The monoisotopic (exact) mass is 286 g/mol. The maximum Gasteiger partial charge on any atom is 0.529 e. The van der Waals surface area contributed by atoms with Crippen LogP contribution in [0.3, 0.4) is 0 Å². The lowest BCUT2D eigenvalue weighted by Gasteiger charge is -2.24. The van der Waals surface area contributed by atoms with Gasteiger partial charge >= 0.3 is 7.82 Å². The van der Waals surface area contributed by atoms with E-state index in [1.54, 1.807) is 13.8 Å². The maximum absolute atomic E-state index is 12.5. The third kappa shape index (κ3) is 3.13. The van der Waals surface area contributed by atoms with Gasteiger partial charge in [-0.15, -0.1) is 6.58 Å². The standard InChI is InChI=1S/C14H23O4P/c1-4-7-13-11-8-9-12(10-11)14(13)18-19(15,16-5-2)17-6-3/h4,11-12H,1,5-10H2,2-3H3. The summed E-state index contributed by atoms with van der Waals surface area (Å²) in [5.41, 5.74) is 1.24. The summed E-state index contributed by atoms with van der Waals surface area (Å²) in [5, 5.41) is 0. The Morgan fingerprint density at radius 2 is 1.89 bits per heavy atom. The van der Waals surface area contributed by atoms with Crippen LogP contribution < -0.4 is 0 Å². The van der Waals surface area contributed by atoms with Crippen LogP contribution >= 0.6 is 7.82 Å². The van der Waals surface area contributed by atoms with Crippen molar-refractivity contribution in [1.82, 2.24) is 0 Å². The molecule has 0 radical (unpaired) electrons. The fourth-order valence-electron chi connectivity index (χ4n) is 3.08. The van der Waals surface area contributed by atoms with E-state index in [0.29, 0.717) is 25.0 Å². The quantitative estimate of drug-likeness (QED) is 0.488. The van der Waals surface area contributed by atoms with Crippen molar-refractivity contribution in [1.29, 1.82) is 0 Å². The molecule has 2 bridgehead atoms. The van der Waals surface area contributed by atoms with Crippen LogP contribution in [0.15, 0.2) is 24.0 Å². The third-order valence-electron chi connectivity index (χ3n) is 3.76. The Morgan fingerprint density at radius 1 is 1.26 bits per heavy atom. The van der Waals surface area contributed by atoms with E-state index < -0.39 is 7.82 Å². The van der Waals surface area contributed by atoms with E-state index >= 15 is 0 Å². The number of rotatable bonds is 8. The first kappa shape index (κ1) is 14.8. The topological polar surface area (TPSA) is 44.8 Å². The van der Waals surface area contributed by atoms with Crippen LogP contribution in [0.2, 0.25) is 0 Å². The average Bonchev–Trinajstić information content (AvgIpc) is 2.93. The molecule has 2 unspecified atom stereocenters. The molecule has 0 heterocycles. The molecule has 0 spiro atoms. The Kier molecular flexibility index (Phi) is 4.88. The third-order valence-corrected chi connectivity index (χ3v) is 5.33. The van der Waals surface area contributed by atoms with E-state index in [0.717, 1.165) is 25.0 Å². The number of hydrogen-bond donors (Lipinski definition) is 0. The van der Waals surface area contributed by atoms with Gasteiger partial charge in [-0.1, -0.05) is 6.08 Å². The van der Waals surface area contributed by atoms with E-state index in [1.165, 1.54) is 12.0 Å². The molecule has 0 saturated heterocycles. The van der Waals surface area contributed by atoms with Gasteiger partial charge in [0.15, 0.2) is 0 Å². The van der Waals surface area contributed by atoms with E-state index in [1.807, 2.05) is 6.08 Å². The summed E-state index contributed by atoms with van der Waals surface area (Å²) in [6.07, 6.45) is 6.10. The number of phosphoric acid groups is 1. The van der Waals surface area contributed by atoms with Crippen molar-refractivity contribution < 1.29 is 18.1 Å². The molecule has 2 atom stereocenters. The van der Waals surface area contributed by atoms with Crippen molar-refractivity contribution in [3.63, 3.8) is 0 Å². The van der Waals surface area contributed by atoms with Gasteiger partial charge in [0.25, 0.3) is 0 Å². The van der Waals surface area contributed by atoms with Crippen molar-refractivity contribution in [2.75, 3.05) is 13.2 Å². The second-order valence-electron chi connectivity index (χ2n) is 4.96. The Labute approximate surface area is 115 Å². The van der Waals surface area contributed by atoms with Crippen LogP contribution in [0.4, 0.5) is 0 Å². The molecule has 2 aliphatic rings. The van der Waals surface area contributed by atoms with Crippen LogP contribution in [0.25, 0.3) is 0 Å². The molecular formula is C14H23O4P. The molecule has 2 rings (SSSR count). The van der Waals surface area contributed by atoms with Crippen molar-refractivity contribution in [3.05, 3.63) is 24.0 Å². The van der Waals surface area contributed by atoms with Gasteiger partial charge in [-0.3, -0.25) is 9.05 Å². The second-order valence-corrected chi connectivity index (χ2v) is 6.56. The van der Waals surface area contributed by atoms with Gasteiger partial charge in [0.2, 0.25) is 0 Å². The summed E-state index contributed by atoms with van der Waals surface area (Å²) in [6.45, 7) is 7.99. The van der Waals surface area contributed by atoms with Gasteiger partial charge in [0.05, 0.1) is 13.2 Å². The zero-order valence-corrected chi connectivity index (χ0v) is 12.7. The molecule has 19 heavy (non-hydrogen) atoms. The summed E-state index contributed by atoms with van der Waals surface area (Å²) >= 11 is 0. The fraction of sp³-hybridized carbons (Fsp3) is 0.714. The normalized spacial score (nSPS) is 26.0. The van der Waals surface area contributed by atoms with Gasteiger partial charge in [-0.2, -0.15) is 0 Å². The van der Waals surface area contributed by atoms with Gasteiger partial charge in [0.1, 0.15) is 5.76 Å². The highest BCUT2D eigenvalue weighted by Crippen LogP contribution is 2.58. The van der Waals surface area contributed by atoms with Crippen molar-refractivity contribution in [3.8, 4) is 0 Å². The summed E-state index contributed by atoms with van der Waals surface area (Å²) in [6, 6.07) is 0. The highest BCUT2D eigenvalue weighted by molar-refractivity contribution is 7.48. The zero-order chi connectivity index (χ0) is 13.9. The zero-order valence-electron chi connectivity index (χ0n) is 11.8. The molecular weight excluding hydrogens is 263 g/mol. The second kappa shape index (κ2) is 6.25. The van der Waals surface area contributed by atoms with Crippen molar-refractivity contribution in [2.45, 2.75) is 39.5 Å². The van der Waals surface area contributed by atoms with Crippen LogP contribution in [-0.2, 0) is 18.1 Å². The number of hydrogen-bond acceptors (Lipinski definition) is 4. The molecule has 5 heteroatoms. The number of allylic oxidation sites excluding steroid dienone is 3. The van der Waals surface area contributed by atoms with Gasteiger partial charge in [0, 0.05) is 5.92 Å². The first-order chi connectivity index (χ1) is 9.13. The van der Waals surface area contributed by atoms with Crippen LogP contribution in [0.1, 0.15) is 39.5 Å². The van der Waals surface area contributed by atoms with Crippen LogP contribution in [-0.4, -0.2) is 13.2 Å². The molecule has 0 aromatic carbocycles. The van der Waals surface area contributed by atoms with Crippen LogP contribution in [0, 0.1) is 11.8 Å². The molecule has 1 saturated carbocycles. The molecule has 4 nitrogen and oxygen atoms in total. The van der Waals surface area contributed by atoms with Gasteiger partial charge in [-0.25, -0.2) is 4.57 Å². The minimum atomic E-state index is -3.45. The molecule has 0 aromatic rings. The van der Waals surface area contributed by atoms with Crippen LogP contribution in [0.5, 0.6) is 0 Å². The lowest BCUT2D eigenvalue weighted by atomic mass is 9.95.